The van der Waals surface area contributed by atoms with Crippen LogP contribution < -0.4 is 4.74 Å². The van der Waals surface area contributed by atoms with E-state index in [1.54, 1.807) is 0 Å². The Balaban J connectivity index is 1.59. The zero-order valence-corrected chi connectivity index (χ0v) is 19.6. The van der Waals surface area contributed by atoms with Crippen LogP contribution >= 0.6 is 11.6 Å². The maximum absolute atomic E-state index is 10.0. The van der Waals surface area contributed by atoms with Crippen LogP contribution in [0.4, 0.5) is 0 Å². The molecule has 0 aliphatic heterocycles. The number of aryl methyl sites for hydroxylation is 2. The zero-order chi connectivity index (χ0) is 23.7. The SMILES string of the molecule is Cc1cc2nc(C(C#N)=Cc3c(OCc4ccc(Cl)cc4)ccc4ccccc34)[nH]c2cc1C. The fraction of sp³-hybridized carbons (Fsp3) is 0.103. The van der Waals surface area contributed by atoms with Gasteiger partial charge in [0.05, 0.1) is 16.6 Å². The summed E-state index contributed by atoms with van der Waals surface area (Å²) in [5.41, 5.74) is 6.40. The number of aromatic amines is 1. The van der Waals surface area contributed by atoms with Crippen LogP contribution in [0, 0.1) is 25.2 Å². The van der Waals surface area contributed by atoms with Gasteiger partial charge in [-0.1, -0.05) is 54.1 Å². The Bertz CT molecular complexity index is 1550. The average Bonchev–Trinajstić information content (AvgIpc) is 3.25. The van der Waals surface area contributed by atoms with Crippen molar-refractivity contribution >= 4 is 45.1 Å². The zero-order valence-electron chi connectivity index (χ0n) is 18.9. The van der Waals surface area contributed by atoms with Crippen molar-refractivity contribution < 1.29 is 4.74 Å². The van der Waals surface area contributed by atoms with Crippen LogP contribution in [0.3, 0.4) is 0 Å². The van der Waals surface area contributed by atoms with E-state index in [1.807, 2.05) is 66.7 Å². The van der Waals surface area contributed by atoms with Crippen molar-refractivity contribution in [3.63, 3.8) is 0 Å². The number of rotatable bonds is 5. The van der Waals surface area contributed by atoms with E-state index in [1.165, 1.54) is 11.1 Å². The van der Waals surface area contributed by atoms with Crippen LogP contribution in [0.1, 0.15) is 28.1 Å². The molecule has 0 spiro atoms. The predicted octanol–water partition coefficient (Wildman–Crippen LogP) is 7.63. The number of aromatic nitrogens is 2. The molecule has 34 heavy (non-hydrogen) atoms. The third-order valence-corrected chi connectivity index (χ3v) is 6.25. The Morgan fingerprint density at radius 3 is 2.59 bits per heavy atom. The first kappa shape index (κ1) is 21.8. The number of hydrogen-bond acceptors (Lipinski definition) is 3. The number of benzene rings is 4. The Kier molecular flexibility index (Phi) is 5.79. The summed E-state index contributed by atoms with van der Waals surface area (Å²) in [7, 11) is 0. The number of allylic oxidation sites excluding steroid dienone is 1. The van der Waals surface area contributed by atoms with Gasteiger partial charge in [0.25, 0.3) is 0 Å². The second-order valence-electron chi connectivity index (χ2n) is 8.32. The second kappa shape index (κ2) is 9.05. The van der Waals surface area contributed by atoms with Gasteiger partial charge in [0.2, 0.25) is 0 Å². The normalized spacial score (nSPS) is 11.6. The van der Waals surface area contributed by atoms with Crippen LogP contribution in [0.25, 0.3) is 33.5 Å². The van der Waals surface area contributed by atoms with Crippen molar-refractivity contribution in [3.05, 3.63) is 106 Å². The van der Waals surface area contributed by atoms with Crippen LogP contribution in [-0.2, 0) is 6.61 Å². The number of imidazole rings is 1. The van der Waals surface area contributed by atoms with Gasteiger partial charge in [-0.15, -0.1) is 0 Å². The number of hydrogen-bond donors (Lipinski definition) is 1. The lowest BCUT2D eigenvalue weighted by atomic mass is 10.0. The molecule has 1 heterocycles. The number of fused-ring (bicyclic) bond motifs is 2. The van der Waals surface area contributed by atoms with Crippen molar-refractivity contribution in [1.82, 2.24) is 9.97 Å². The third-order valence-electron chi connectivity index (χ3n) is 6.00. The molecule has 0 saturated heterocycles. The van der Waals surface area contributed by atoms with E-state index < -0.39 is 0 Å². The van der Waals surface area contributed by atoms with Crippen molar-refractivity contribution in [2.75, 3.05) is 0 Å². The molecule has 0 atom stereocenters. The Hall–Kier alpha value is -4.07. The van der Waals surface area contributed by atoms with Gasteiger partial charge in [-0.2, -0.15) is 5.26 Å². The van der Waals surface area contributed by atoms with Crippen LogP contribution in [0.5, 0.6) is 5.75 Å². The van der Waals surface area contributed by atoms with Gasteiger partial charge < -0.3 is 9.72 Å². The minimum Gasteiger partial charge on any atom is -0.488 e. The largest absolute Gasteiger partial charge is 0.488 e. The summed E-state index contributed by atoms with van der Waals surface area (Å²) in [6.07, 6.45) is 1.86. The highest BCUT2D eigenvalue weighted by atomic mass is 35.5. The fourth-order valence-electron chi connectivity index (χ4n) is 3.99. The molecule has 4 aromatic carbocycles. The fourth-order valence-corrected chi connectivity index (χ4v) is 4.11. The molecule has 5 aromatic rings. The van der Waals surface area contributed by atoms with Crippen molar-refractivity contribution in [3.8, 4) is 11.8 Å². The van der Waals surface area contributed by atoms with Gasteiger partial charge in [-0.3, -0.25) is 0 Å². The summed E-state index contributed by atoms with van der Waals surface area (Å²) in [6, 6.07) is 26.1. The van der Waals surface area contributed by atoms with E-state index in [9.17, 15) is 5.26 Å². The first-order valence-corrected chi connectivity index (χ1v) is 11.4. The molecule has 0 fully saturated rings. The van der Waals surface area contributed by atoms with Gasteiger partial charge in [0.15, 0.2) is 0 Å². The number of nitriles is 1. The molecule has 0 saturated carbocycles. The minimum atomic E-state index is 0.390. The van der Waals surface area contributed by atoms with E-state index >= 15 is 0 Å². The van der Waals surface area contributed by atoms with Gasteiger partial charge in [0, 0.05) is 10.6 Å². The molecular weight excluding hydrogens is 442 g/mol. The molecule has 0 bridgehead atoms. The van der Waals surface area contributed by atoms with E-state index in [0.717, 1.165) is 32.9 Å². The molecule has 5 rings (SSSR count). The van der Waals surface area contributed by atoms with Crippen molar-refractivity contribution in [2.45, 2.75) is 20.5 Å². The van der Waals surface area contributed by atoms with Crippen LogP contribution in [-0.4, -0.2) is 9.97 Å². The van der Waals surface area contributed by atoms with Gasteiger partial charge >= 0.3 is 0 Å². The van der Waals surface area contributed by atoms with Crippen molar-refractivity contribution in [2.24, 2.45) is 0 Å². The highest BCUT2D eigenvalue weighted by Crippen LogP contribution is 2.32. The summed E-state index contributed by atoms with van der Waals surface area (Å²) in [5, 5.41) is 12.8. The number of nitrogens with zero attached hydrogens (tertiary/aromatic N) is 2. The lowest BCUT2D eigenvalue weighted by Gasteiger charge is -2.13. The molecule has 5 heteroatoms. The third kappa shape index (κ3) is 4.26. The molecule has 0 aliphatic rings. The molecule has 1 N–H and O–H groups in total. The highest BCUT2D eigenvalue weighted by molar-refractivity contribution is 6.30. The summed E-state index contributed by atoms with van der Waals surface area (Å²) < 4.78 is 6.22. The van der Waals surface area contributed by atoms with Gasteiger partial charge in [-0.25, -0.2) is 4.98 Å². The molecular formula is C29H22ClN3O. The van der Waals surface area contributed by atoms with Crippen LogP contribution in [0.15, 0.2) is 72.8 Å². The lowest BCUT2D eigenvalue weighted by Crippen LogP contribution is -1.98. The summed E-state index contributed by atoms with van der Waals surface area (Å²) in [4.78, 5) is 8.00. The maximum atomic E-state index is 10.0. The summed E-state index contributed by atoms with van der Waals surface area (Å²) >= 11 is 6.01. The van der Waals surface area contributed by atoms with E-state index in [0.29, 0.717) is 28.8 Å². The monoisotopic (exact) mass is 463 g/mol. The highest BCUT2D eigenvalue weighted by Gasteiger charge is 2.13. The number of nitrogens with one attached hydrogen (secondary N) is 1. The van der Waals surface area contributed by atoms with Gasteiger partial charge in [-0.05, 0) is 77.7 Å². The van der Waals surface area contributed by atoms with Gasteiger partial charge in [0.1, 0.15) is 24.3 Å². The molecule has 4 nitrogen and oxygen atoms in total. The average molecular weight is 464 g/mol. The second-order valence-corrected chi connectivity index (χ2v) is 8.76. The first-order chi connectivity index (χ1) is 16.5. The predicted molar refractivity (Wildman–Crippen MR) is 139 cm³/mol. The quantitative estimate of drug-likeness (QED) is 0.272. The van der Waals surface area contributed by atoms with E-state index in [4.69, 9.17) is 21.3 Å². The van der Waals surface area contributed by atoms with Crippen LogP contribution in [0.2, 0.25) is 5.02 Å². The summed E-state index contributed by atoms with van der Waals surface area (Å²) in [6.45, 7) is 4.52. The number of halogens is 1. The molecule has 166 valence electrons. The lowest BCUT2D eigenvalue weighted by molar-refractivity contribution is 0.306. The number of H-pyrrole nitrogens is 1. The minimum absolute atomic E-state index is 0.390. The number of ether oxygens (including phenoxy) is 1. The molecule has 1 aromatic heterocycles. The maximum Gasteiger partial charge on any atom is 0.149 e. The summed E-state index contributed by atoms with van der Waals surface area (Å²) in [5.74, 6) is 1.24. The van der Waals surface area contributed by atoms with E-state index in [-0.39, 0.29) is 0 Å². The topological polar surface area (TPSA) is 61.7 Å². The molecule has 0 unspecified atom stereocenters. The molecule has 0 aliphatic carbocycles. The smallest absolute Gasteiger partial charge is 0.149 e. The van der Waals surface area contributed by atoms with E-state index in [2.05, 4.69) is 37.0 Å². The standard InChI is InChI=1S/C29H22ClN3O/c1-18-13-26-27(14-19(18)2)33-29(32-26)22(16-31)15-25-24-6-4-3-5-21(24)9-12-28(25)34-17-20-7-10-23(30)11-8-20/h3-15H,17H2,1-2H3,(H,32,33). The Morgan fingerprint density at radius 2 is 1.79 bits per heavy atom. The first-order valence-electron chi connectivity index (χ1n) is 11.0. The van der Waals surface area contributed by atoms with Crippen molar-refractivity contribution in [1.29, 1.82) is 5.26 Å². The Morgan fingerprint density at radius 1 is 1.03 bits per heavy atom. The molecule has 0 radical (unpaired) electrons. The molecule has 0 amide bonds. The Labute approximate surface area is 203 Å².